The number of aryl methyl sites for hydroxylation is 1. The van der Waals surface area contributed by atoms with E-state index in [1.54, 1.807) is 0 Å². The van der Waals surface area contributed by atoms with Gasteiger partial charge < -0.3 is 0 Å². The Morgan fingerprint density at radius 3 is 2.00 bits per heavy atom. The van der Waals surface area contributed by atoms with Crippen LogP contribution in [0.4, 0.5) is 0 Å². The molecule has 0 N–H and O–H groups in total. The predicted octanol–water partition coefficient (Wildman–Crippen LogP) is 3.20. The third-order valence-corrected chi connectivity index (χ3v) is 1.60. The molecule has 63 valence electrons. The first kappa shape index (κ1) is 12.2. The van der Waals surface area contributed by atoms with Crippen molar-refractivity contribution >= 4 is 0 Å². The van der Waals surface area contributed by atoms with E-state index in [1.807, 2.05) is 0 Å². The number of rotatable bonds is 2. The molecule has 0 nitrogen and oxygen atoms in total. The van der Waals surface area contributed by atoms with Crippen LogP contribution < -0.4 is 0 Å². The van der Waals surface area contributed by atoms with Gasteiger partial charge in [0.1, 0.15) is 0 Å². The van der Waals surface area contributed by atoms with Crippen molar-refractivity contribution < 1.29 is 32.7 Å². The molecular weight excluding hydrogens is 221 g/mol. The molecule has 0 aliphatic carbocycles. The Hall–Kier alpha value is 0.194. The maximum absolute atomic E-state index is 2.26. The number of hydrogen-bond donors (Lipinski definition) is 0. The van der Waals surface area contributed by atoms with Gasteiger partial charge in [0.15, 0.2) is 0 Å². The number of hydrogen-bond acceptors (Lipinski definition) is 0. The molecule has 1 radical (unpaired) electrons. The van der Waals surface area contributed by atoms with Gasteiger partial charge in [0.25, 0.3) is 0 Å². The van der Waals surface area contributed by atoms with Gasteiger partial charge in [-0.25, -0.2) is 0 Å². The van der Waals surface area contributed by atoms with E-state index in [0.717, 1.165) is 0 Å². The van der Waals surface area contributed by atoms with Gasteiger partial charge in [0.05, 0.1) is 0 Å². The topological polar surface area (TPSA) is 0 Å². The fraction of sp³-hybridized carbons (Fsp3) is 0.364. The Morgan fingerprint density at radius 2 is 1.58 bits per heavy atom. The summed E-state index contributed by atoms with van der Waals surface area (Å²) in [5.74, 6) is 0.637. The standard InChI is InChI=1S/C11H15.Y/c1-9(2)8-11-6-4-10(3)5-7-11;/h4-9H,1-3H3;/q-1;. The second-order valence-corrected chi connectivity index (χ2v) is 3.32. The summed E-state index contributed by atoms with van der Waals surface area (Å²) in [6, 6.07) is 8.62. The van der Waals surface area contributed by atoms with Gasteiger partial charge in [-0.05, 0) is 6.92 Å². The summed E-state index contributed by atoms with van der Waals surface area (Å²) in [7, 11) is 0. The van der Waals surface area contributed by atoms with Crippen LogP contribution in [0.1, 0.15) is 25.0 Å². The molecule has 0 saturated heterocycles. The predicted molar refractivity (Wildman–Crippen MR) is 49.4 cm³/mol. The first-order chi connectivity index (χ1) is 5.18. The summed E-state index contributed by atoms with van der Waals surface area (Å²) in [5, 5.41) is 0. The van der Waals surface area contributed by atoms with Crippen LogP contribution in [-0.4, -0.2) is 0 Å². The van der Waals surface area contributed by atoms with Crippen molar-refractivity contribution in [1.82, 2.24) is 0 Å². The summed E-state index contributed by atoms with van der Waals surface area (Å²) in [6.07, 6.45) is 2.26. The molecule has 0 saturated carbocycles. The Kier molecular flexibility index (Phi) is 5.87. The van der Waals surface area contributed by atoms with Gasteiger partial charge in [0.2, 0.25) is 0 Å². The molecule has 0 aromatic heterocycles. The van der Waals surface area contributed by atoms with Crippen molar-refractivity contribution in [2.24, 2.45) is 5.92 Å². The Labute approximate surface area is 101 Å². The van der Waals surface area contributed by atoms with Crippen molar-refractivity contribution in [2.75, 3.05) is 0 Å². The second kappa shape index (κ2) is 5.77. The van der Waals surface area contributed by atoms with Gasteiger partial charge in [-0.1, -0.05) is 25.3 Å². The van der Waals surface area contributed by atoms with Gasteiger partial charge in [-0.15, -0.1) is 12.1 Å². The molecule has 0 atom stereocenters. The third-order valence-electron chi connectivity index (χ3n) is 1.60. The number of benzene rings is 1. The van der Waals surface area contributed by atoms with E-state index >= 15 is 0 Å². The van der Waals surface area contributed by atoms with Gasteiger partial charge in [-0.3, -0.25) is 0 Å². The van der Waals surface area contributed by atoms with Crippen LogP contribution in [0.15, 0.2) is 24.3 Å². The molecule has 1 rings (SSSR count). The van der Waals surface area contributed by atoms with Crippen molar-refractivity contribution in [3.05, 3.63) is 41.8 Å². The Bertz CT molecular complexity index is 211. The molecule has 0 bridgehead atoms. The van der Waals surface area contributed by atoms with Crippen LogP contribution in [0.5, 0.6) is 0 Å². The first-order valence-electron chi connectivity index (χ1n) is 4.10. The molecule has 1 aromatic carbocycles. The molecule has 0 heterocycles. The van der Waals surface area contributed by atoms with E-state index in [0.29, 0.717) is 5.92 Å². The molecule has 0 fully saturated rings. The molecule has 1 aromatic rings. The van der Waals surface area contributed by atoms with Crippen LogP contribution in [0, 0.1) is 19.3 Å². The SMILES string of the molecule is Cc1ccc([CH-]C(C)C)cc1.[Y]. The first-order valence-corrected chi connectivity index (χ1v) is 4.10. The van der Waals surface area contributed by atoms with E-state index in [2.05, 4.69) is 51.5 Å². The van der Waals surface area contributed by atoms with Crippen LogP contribution in [-0.2, 0) is 32.7 Å². The summed E-state index contributed by atoms with van der Waals surface area (Å²) < 4.78 is 0. The summed E-state index contributed by atoms with van der Waals surface area (Å²) in [4.78, 5) is 0. The second-order valence-electron chi connectivity index (χ2n) is 3.32. The van der Waals surface area contributed by atoms with Gasteiger partial charge >= 0.3 is 0 Å². The van der Waals surface area contributed by atoms with E-state index in [-0.39, 0.29) is 32.7 Å². The van der Waals surface area contributed by atoms with E-state index in [4.69, 9.17) is 0 Å². The molecule has 12 heavy (non-hydrogen) atoms. The Balaban J connectivity index is 0.00000121. The maximum atomic E-state index is 2.26. The minimum Gasteiger partial charge on any atom is -0.192 e. The minimum atomic E-state index is 0. The van der Waals surface area contributed by atoms with Crippen LogP contribution in [0.3, 0.4) is 0 Å². The normalized spacial score (nSPS) is 9.33. The molecule has 0 aliphatic heterocycles. The van der Waals surface area contributed by atoms with Crippen molar-refractivity contribution in [3.63, 3.8) is 0 Å². The van der Waals surface area contributed by atoms with Crippen molar-refractivity contribution in [2.45, 2.75) is 20.8 Å². The molecule has 1 heteroatoms. The quantitative estimate of drug-likeness (QED) is 0.692. The van der Waals surface area contributed by atoms with E-state index in [1.165, 1.54) is 11.1 Å². The third kappa shape index (κ3) is 4.28. The van der Waals surface area contributed by atoms with Crippen molar-refractivity contribution in [3.8, 4) is 0 Å². The van der Waals surface area contributed by atoms with E-state index in [9.17, 15) is 0 Å². The Morgan fingerprint density at radius 1 is 1.08 bits per heavy atom. The van der Waals surface area contributed by atoms with Crippen LogP contribution in [0.2, 0.25) is 0 Å². The fourth-order valence-electron chi connectivity index (χ4n) is 1.06. The minimum absolute atomic E-state index is 0. The average Bonchev–Trinajstić information content (AvgIpc) is 1.93. The van der Waals surface area contributed by atoms with Gasteiger partial charge in [-0.2, -0.15) is 24.1 Å². The molecule has 0 unspecified atom stereocenters. The zero-order valence-electron chi connectivity index (χ0n) is 8.04. The van der Waals surface area contributed by atoms with Crippen LogP contribution in [0.25, 0.3) is 0 Å². The monoisotopic (exact) mass is 236 g/mol. The van der Waals surface area contributed by atoms with Gasteiger partial charge in [0, 0.05) is 32.7 Å². The molecular formula is C11H15Y-. The summed E-state index contributed by atoms with van der Waals surface area (Å²) >= 11 is 0. The smallest absolute Gasteiger partial charge is 0 e. The summed E-state index contributed by atoms with van der Waals surface area (Å²) in [5.41, 5.74) is 2.65. The summed E-state index contributed by atoms with van der Waals surface area (Å²) in [6.45, 7) is 6.50. The molecule has 0 amide bonds. The molecule has 0 spiro atoms. The van der Waals surface area contributed by atoms with Crippen LogP contribution >= 0.6 is 0 Å². The largest absolute Gasteiger partial charge is 0.192 e. The zero-order chi connectivity index (χ0) is 8.27. The molecule has 0 aliphatic rings. The van der Waals surface area contributed by atoms with E-state index < -0.39 is 0 Å². The average molecular weight is 236 g/mol. The zero-order valence-corrected chi connectivity index (χ0v) is 10.9. The fourth-order valence-corrected chi connectivity index (χ4v) is 1.06. The maximum Gasteiger partial charge on any atom is 0 e. The van der Waals surface area contributed by atoms with Crippen molar-refractivity contribution in [1.29, 1.82) is 0 Å².